The Kier molecular flexibility index (Phi) is 8.37. The van der Waals surface area contributed by atoms with Crippen LogP contribution in [0.2, 0.25) is 10.0 Å². The van der Waals surface area contributed by atoms with Crippen molar-refractivity contribution in [2.75, 3.05) is 26.3 Å². The highest BCUT2D eigenvalue weighted by atomic mass is 35.5. The second-order valence-corrected chi connectivity index (χ2v) is 11.2. The van der Waals surface area contributed by atoms with Crippen LogP contribution in [0.15, 0.2) is 54.6 Å². The molecule has 2 aliphatic rings. The predicted octanol–water partition coefficient (Wildman–Crippen LogP) is 7.69. The standard InChI is InChI=1S/C32H29Cl2FN2O2/c33-25-9-10-26(30(34)16-25)27-4-1-3-23-14-29(32(38)39)24(17-36)15-28(23)31(27)22-7-5-20(6-8-22)13-21-18-37(19-21)12-2-11-35/h5-10,14-16,21H,1-4,11-13,18-19H2,(H,38,39). The first-order chi connectivity index (χ1) is 18.9. The molecular formula is C32H29Cl2FN2O2. The molecule has 0 spiro atoms. The molecule has 1 N–H and O–H groups in total. The number of carboxylic acid groups (broad SMARTS) is 1. The molecular weight excluding hydrogens is 534 g/mol. The number of allylic oxidation sites excluding steroid dienone is 1. The number of carboxylic acids is 1. The Bertz CT molecular complexity index is 1470. The van der Waals surface area contributed by atoms with E-state index in [1.54, 1.807) is 18.2 Å². The van der Waals surface area contributed by atoms with Crippen LogP contribution in [0.4, 0.5) is 4.39 Å². The predicted molar refractivity (Wildman–Crippen MR) is 154 cm³/mol. The number of aryl methyl sites for hydroxylation is 1. The molecule has 5 rings (SSSR count). The summed E-state index contributed by atoms with van der Waals surface area (Å²) in [6, 6.07) is 19.5. The first kappa shape index (κ1) is 27.4. The zero-order valence-corrected chi connectivity index (χ0v) is 23.0. The lowest BCUT2D eigenvalue weighted by Crippen LogP contribution is -2.47. The van der Waals surface area contributed by atoms with E-state index in [4.69, 9.17) is 23.2 Å². The lowest BCUT2D eigenvalue weighted by Gasteiger charge is -2.39. The Morgan fingerprint density at radius 3 is 2.49 bits per heavy atom. The van der Waals surface area contributed by atoms with Crippen molar-refractivity contribution in [2.45, 2.75) is 32.1 Å². The number of benzene rings is 3. The number of fused-ring (bicyclic) bond motifs is 1. The van der Waals surface area contributed by atoms with E-state index in [2.05, 4.69) is 35.2 Å². The van der Waals surface area contributed by atoms with Gasteiger partial charge < -0.3 is 10.0 Å². The molecule has 3 aromatic carbocycles. The Morgan fingerprint density at radius 2 is 1.82 bits per heavy atom. The highest BCUT2D eigenvalue weighted by Crippen LogP contribution is 2.43. The smallest absolute Gasteiger partial charge is 0.337 e. The van der Waals surface area contributed by atoms with Crippen molar-refractivity contribution < 1.29 is 14.3 Å². The average Bonchev–Trinajstić information content (AvgIpc) is 3.08. The highest BCUT2D eigenvalue weighted by molar-refractivity contribution is 6.36. The van der Waals surface area contributed by atoms with Crippen LogP contribution in [0, 0.1) is 17.2 Å². The van der Waals surface area contributed by atoms with E-state index in [0.29, 0.717) is 28.8 Å². The number of likely N-dealkylation sites (tertiary alicyclic amines) is 1. The number of aromatic carboxylic acids is 1. The van der Waals surface area contributed by atoms with Crippen molar-refractivity contribution in [3.05, 3.63) is 104 Å². The summed E-state index contributed by atoms with van der Waals surface area (Å²) >= 11 is 12.9. The quantitative estimate of drug-likeness (QED) is 0.305. The molecule has 0 amide bonds. The summed E-state index contributed by atoms with van der Waals surface area (Å²) in [6.45, 7) is 2.56. The molecule has 1 aliphatic carbocycles. The van der Waals surface area contributed by atoms with E-state index in [1.807, 2.05) is 12.1 Å². The molecule has 0 unspecified atom stereocenters. The maximum Gasteiger partial charge on any atom is 0.337 e. The van der Waals surface area contributed by atoms with Crippen LogP contribution in [-0.4, -0.2) is 42.3 Å². The normalized spacial score (nSPS) is 15.8. The summed E-state index contributed by atoms with van der Waals surface area (Å²) in [4.78, 5) is 14.2. The molecule has 1 saturated heterocycles. The number of hydrogen-bond acceptors (Lipinski definition) is 3. The summed E-state index contributed by atoms with van der Waals surface area (Å²) in [5, 5.41) is 20.6. The monoisotopic (exact) mass is 562 g/mol. The molecule has 0 saturated carbocycles. The lowest BCUT2D eigenvalue weighted by atomic mass is 9.85. The van der Waals surface area contributed by atoms with Gasteiger partial charge in [0.25, 0.3) is 0 Å². The third-order valence-electron chi connectivity index (χ3n) is 7.70. The number of nitriles is 1. The zero-order valence-electron chi connectivity index (χ0n) is 21.5. The minimum atomic E-state index is -1.10. The molecule has 7 heteroatoms. The molecule has 1 fully saturated rings. The third kappa shape index (κ3) is 5.89. The first-order valence-electron chi connectivity index (χ1n) is 13.2. The van der Waals surface area contributed by atoms with Gasteiger partial charge in [0.2, 0.25) is 0 Å². The van der Waals surface area contributed by atoms with Crippen LogP contribution in [0.25, 0.3) is 11.1 Å². The van der Waals surface area contributed by atoms with Gasteiger partial charge in [-0.1, -0.05) is 53.5 Å². The fourth-order valence-corrected chi connectivity index (χ4v) is 6.37. The third-order valence-corrected chi connectivity index (χ3v) is 8.25. The van der Waals surface area contributed by atoms with Gasteiger partial charge in [0.15, 0.2) is 0 Å². The van der Waals surface area contributed by atoms with Gasteiger partial charge >= 0.3 is 5.97 Å². The summed E-state index contributed by atoms with van der Waals surface area (Å²) in [5.41, 5.74) is 7.09. The van der Waals surface area contributed by atoms with Crippen LogP contribution in [-0.2, 0) is 12.8 Å². The van der Waals surface area contributed by atoms with Crippen LogP contribution >= 0.6 is 23.2 Å². The summed E-state index contributed by atoms with van der Waals surface area (Å²) < 4.78 is 12.5. The summed E-state index contributed by atoms with van der Waals surface area (Å²) in [6.07, 6.45) is 3.82. The number of hydrogen-bond donors (Lipinski definition) is 1. The number of alkyl halides is 1. The lowest BCUT2D eigenvalue weighted by molar-refractivity contribution is 0.0696. The summed E-state index contributed by atoms with van der Waals surface area (Å²) in [7, 11) is 0. The fraction of sp³-hybridized carbons (Fsp3) is 0.312. The Morgan fingerprint density at radius 1 is 1.05 bits per heavy atom. The van der Waals surface area contributed by atoms with Crippen molar-refractivity contribution in [1.82, 2.24) is 4.90 Å². The first-order valence-corrected chi connectivity index (χ1v) is 14.0. The van der Waals surface area contributed by atoms with Crippen molar-refractivity contribution in [2.24, 2.45) is 5.92 Å². The second kappa shape index (κ2) is 11.9. The maximum absolute atomic E-state index is 12.5. The van der Waals surface area contributed by atoms with Crippen LogP contribution in [0.5, 0.6) is 0 Å². The Balaban J connectivity index is 1.56. The summed E-state index contributed by atoms with van der Waals surface area (Å²) in [5.74, 6) is -0.530. The van der Waals surface area contributed by atoms with Gasteiger partial charge in [-0.15, -0.1) is 0 Å². The van der Waals surface area contributed by atoms with Gasteiger partial charge in [-0.05, 0) is 101 Å². The van der Waals surface area contributed by atoms with E-state index in [0.717, 1.165) is 72.3 Å². The van der Waals surface area contributed by atoms with E-state index in [9.17, 15) is 19.6 Å². The largest absolute Gasteiger partial charge is 0.478 e. The van der Waals surface area contributed by atoms with E-state index >= 15 is 0 Å². The molecule has 0 bridgehead atoms. The van der Waals surface area contributed by atoms with Gasteiger partial charge in [0.05, 0.1) is 17.8 Å². The molecule has 39 heavy (non-hydrogen) atoms. The topological polar surface area (TPSA) is 64.3 Å². The Hall–Kier alpha value is -3.17. The van der Waals surface area contributed by atoms with Crippen molar-refractivity contribution in [1.29, 1.82) is 5.26 Å². The second-order valence-electron chi connectivity index (χ2n) is 10.4. The van der Waals surface area contributed by atoms with E-state index in [-0.39, 0.29) is 17.8 Å². The number of nitrogens with zero attached hydrogens (tertiary/aromatic N) is 2. The fourth-order valence-electron chi connectivity index (χ4n) is 5.84. The van der Waals surface area contributed by atoms with E-state index in [1.165, 1.54) is 5.56 Å². The minimum absolute atomic E-state index is 0.0278. The molecule has 4 nitrogen and oxygen atoms in total. The number of rotatable bonds is 8. The molecule has 200 valence electrons. The van der Waals surface area contributed by atoms with Crippen molar-refractivity contribution in [3.8, 4) is 6.07 Å². The van der Waals surface area contributed by atoms with E-state index < -0.39 is 5.97 Å². The molecule has 1 heterocycles. The minimum Gasteiger partial charge on any atom is -0.478 e. The Labute approximate surface area is 238 Å². The molecule has 0 radical (unpaired) electrons. The van der Waals surface area contributed by atoms with Gasteiger partial charge in [-0.3, -0.25) is 4.39 Å². The van der Waals surface area contributed by atoms with Crippen LogP contribution < -0.4 is 0 Å². The number of halogens is 3. The molecule has 0 aromatic heterocycles. The molecule has 1 aliphatic heterocycles. The SMILES string of the molecule is N#Cc1cc2c(cc1C(=O)O)CCCC(c1ccc(Cl)cc1Cl)=C2c1ccc(CC2CN(CCCF)C2)cc1. The van der Waals surface area contributed by atoms with Gasteiger partial charge in [-0.2, -0.15) is 5.26 Å². The van der Waals surface area contributed by atoms with Crippen LogP contribution in [0.3, 0.4) is 0 Å². The zero-order chi connectivity index (χ0) is 27.5. The highest BCUT2D eigenvalue weighted by Gasteiger charge is 2.27. The van der Waals surface area contributed by atoms with Crippen LogP contribution in [0.1, 0.15) is 63.0 Å². The maximum atomic E-state index is 12.5. The average molecular weight is 564 g/mol. The molecule has 3 aromatic rings. The van der Waals surface area contributed by atoms with Gasteiger partial charge in [-0.25, -0.2) is 4.79 Å². The van der Waals surface area contributed by atoms with Crippen molar-refractivity contribution >= 4 is 40.3 Å². The van der Waals surface area contributed by atoms with Gasteiger partial charge in [0.1, 0.15) is 6.07 Å². The van der Waals surface area contributed by atoms with Gasteiger partial charge in [0, 0.05) is 29.7 Å². The molecule has 0 atom stereocenters. The van der Waals surface area contributed by atoms with Crippen molar-refractivity contribution in [3.63, 3.8) is 0 Å². The number of carbonyl (C=O) groups is 1.